The van der Waals surface area contributed by atoms with Gasteiger partial charge >= 0.3 is 0 Å². The Morgan fingerprint density at radius 3 is 2.87 bits per heavy atom. The molecule has 6 heteroatoms. The molecule has 1 aromatic carbocycles. The van der Waals surface area contributed by atoms with Gasteiger partial charge in [0.05, 0.1) is 18.2 Å². The Bertz CT molecular complexity index is 674. The summed E-state index contributed by atoms with van der Waals surface area (Å²) in [4.78, 5) is 12.5. The lowest BCUT2D eigenvalue weighted by molar-refractivity contribution is 0.0937. The van der Waals surface area contributed by atoms with Crippen molar-refractivity contribution in [1.82, 2.24) is 10.5 Å². The van der Waals surface area contributed by atoms with E-state index in [-0.39, 0.29) is 11.9 Å². The SMILES string of the molecule is CCOc1cccc(C(C)NC(=O)c2conc2C(C)(C)N)c1. The molecule has 0 aliphatic rings. The normalized spacial score (nSPS) is 12.7. The number of hydrogen-bond donors (Lipinski definition) is 2. The highest BCUT2D eigenvalue weighted by Gasteiger charge is 2.27. The number of rotatable bonds is 6. The van der Waals surface area contributed by atoms with E-state index in [0.29, 0.717) is 17.9 Å². The molecule has 6 nitrogen and oxygen atoms in total. The molecule has 0 radical (unpaired) electrons. The van der Waals surface area contributed by atoms with Gasteiger partial charge in [-0.05, 0) is 45.4 Å². The lowest BCUT2D eigenvalue weighted by atomic mass is 9.98. The van der Waals surface area contributed by atoms with E-state index in [1.165, 1.54) is 6.26 Å². The Morgan fingerprint density at radius 2 is 2.22 bits per heavy atom. The van der Waals surface area contributed by atoms with Crippen molar-refractivity contribution in [3.8, 4) is 5.75 Å². The molecular formula is C17H23N3O3. The van der Waals surface area contributed by atoms with Crippen molar-refractivity contribution in [3.63, 3.8) is 0 Å². The molecule has 3 N–H and O–H groups in total. The van der Waals surface area contributed by atoms with Crippen LogP contribution in [-0.4, -0.2) is 17.7 Å². The third-order valence-corrected chi connectivity index (χ3v) is 3.44. The summed E-state index contributed by atoms with van der Waals surface area (Å²) in [5.74, 6) is 0.508. The van der Waals surface area contributed by atoms with Gasteiger partial charge in [-0.25, -0.2) is 0 Å². The van der Waals surface area contributed by atoms with Gasteiger partial charge in [0.15, 0.2) is 0 Å². The number of hydrogen-bond acceptors (Lipinski definition) is 5. The van der Waals surface area contributed by atoms with Gasteiger partial charge in [0, 0.05) is 0 Å². The van der Waals surface area contributed by atoms with Crippen LogP contribution in [0.5, 0.6) is 5.75 Å². The van der Waals surface area contributed by atoms with Crippen molar-refractivity contribution in [3.05, 3.63) is 47.3 Å². The van der Waals surface area contributed by atoms with Crippen molar-refractivity contribution in [2.45, 2.75) is 39.3 Å². The lowest BCUT2D eigenvalue weighted by Gasteiger charge is -2.18. The average molecular weight is 317 g/mol. The smallest absolute Gasteiger partial charge is 0.257 e. The largest absolute Gasteiger partial charge is 0.494 e. The molecule has 0 saturated carbocycles. The zero-order valence-electron chi connectivity index (χ0n) is 13.9. The first-order chi connectivity index (χ1) is 10.8. The second kappa shape index (κ2) is 6.83. The summed E-state index contributed by atoms with van der Waals surface area (Å²) in [6, 6.07) is 7.45. The van der Waals surface area contributed by atoms with Gasteiger partial charge in [-0.3, -0.25) is 4.79 Å². The Balaban J connectivity index is 2.14. The molecule has 0 aliphatic carbocycles. The minimum Gasteiger partial charge on any atom is -0.494 e. The fourth-order valence-electron chi connectivity index (χ4n) is 2.26. The second-order valence-corrected chi connectivity index (χ2v) is 6.00. The fourth-order valence-corrected chi connectivity index (χ4v) is 2.26. The second-order valence-electron chi connectivity index (χ2n) is 6.00. The van der Waals surface area contributed by atoms with Gasteiger partial charge < -0.3 is 20.3 Å². The highest BCUT2D eigenvalue weighted by molar-refractivity contribution is 5.95. The molecular weight excluding hydrogens is 294 g/mol. The van der Waals surface area contributed by atoms with E-state index < -0.39 is 5.54 Å². The van der Waals surface area contributed by atoms with E-state index in [4.69, 9.17) is 15.0 Å². The van der Waals surface area contributed by atoms with E-state index in [1.54, 1.807) is 13.8 Å². The summed E-state index contributed by atoms with van der Waals surface area (Å²) < 4.78 is 10.4. The van der Waals surface area contributed by atoms with Gasteiger partial charge in [-0.15, -0.1) is 0 Å². The molecule has 1 unspecified atom stereocenters. The zero-order valence-corrected chi connectivity index (χ0v) is 13.9. The highest BCUT2D eigenvalue weighted by Crippen LogP contribution is 2.22. The quantitative estimate of drug-likeness (QED) is 0.855. The Labute approximate surface area is 136 Å². The summed E-state index contributed by atoms with van der Waals surface area (Å²) in [5.41, 5.74) is 7.00. The van der Waals surface area contributed by atoms with Crippen LogP contribution in [0.25, 0.3) is 0 Å². The lowest BCUT2D eigenvalue weighted by Crippen LogP contribution is -2.34. The number of benzene rings is 1. The predicted octanol–water partition coefficient (Wildman–Crippen LogP) is 2.76. The van der Waals surface area contributed by atoms with E-state index in [2.05, 4.69) is 10.5 Å². The molecule has 124 valence electrons. The molecule has 0 spiro atoms. The maximum absolute atomic E-state index is 12.5. The molecule has 0 saturated heterocycles. The predicted molar refractivity (Wildman–Crippen MR) is 87.2 cm³/mol. The number of ether oxygens (including phenoxy) is 1. The van der Waals surface area contributed by atoms with Crippen LogP contribution in [0.3, 0.4) is 0 Å². The van der Waals surface area contributed by atoms with Crippen LogP contribution in [0.2, 0.25) is 0 Å². The third-order valence-electron chi connectivity index (χ3n) is 3.44. The van der Waals surface area contributed by atoms with E-state index in [1.807, 2.05) is 38.1 Å². The first kappa shape index (κ1) is 17.0. The van der Waals surface area contributed by atoms with Gasteiger partial charge in [0.2, 0.25) is 0 Å². The first-order valence-corrected chi connectivity index (χ1v) is 7.60. The zero-order chi connectivity index (χ0) is 17.0. The maximum atomic E-state index is 12.5. The van der Waals surface area contributed by atoms with Crippen molar-refractivity contribution >= 4 is 5.91 Å². The van der Waals surface area contributed by atoms with Crippen molar-refractivity contribution in [2.24, 2.45) is 5.73 Å². The number of aromatic nitrogens is 1. The van der Waals surface area contributed by atoms with E-state index >= 15 is 0 Å². The average Bonchev–Trinajstić information content (AvgIpc) is 2.97. The van der Waals surface area contributed by atoms with Crippen LogP contribution in [0.1, 0.15) is 55.4 Å². The van der Waals surface area contributed by atoms with Crippen LogP contribution in [0, 0.1) is 0 Å². The molecule has 0 bridgehead atoms. The van der Waals surface area contributed by atoms with Crippen LogP contribution < -0.4 is 15.8 Å². The van der Waals surface area contributed by atoms with Crippen LogP contribution in [0.15, 0.2) is 35.1 Å². The molecule has 0 aliphatic heterocycles. The maximum Gasteiger partial charge on any atom is 0.257 e. The molecule has 0 fully saturated rings. The molecule has 2 rings (SSSR count). The molecule has 1 atom stereocenters. The Kier molecular flexibility index (Phi) is 5.05. The number of carbonyl (C=O) groups excluding carboxylic acids is 1. The summed E-state index contributed by atoms with van der Waals surface area (Å²) in [5, 5.41) is 6.78. The summed E-state index contributed by atoms with van der Waals surface area (Å²) in [6.07, 6.45) is 1.32. The number of nitrogens with zero attached hydrogens (tertiary/aromatic N) is 1. The standard InChI is InChI=1S/C17H23N3O3/c1-5-22-13-8-6-7-12(9-13)11(2)19-16(21)14-10-23-20-15(14)17(3,4)18/h6-11H,5,18H2,1-4H3,(H,19,21). The van der Waals surface area contributed by atoms with Crippen molar-refractivity contribution < 1.29 is 14.1 Å². The van der Waals surface area contributed by atoms with Crippen molar-refractivity contribution in [2.75, 3.05) is 6.61 Å². The van der Waals surface area contributed by atoms with Gasteiger partial charge in [-0.1, -0.05) is 17.3 Å². The Hall–Kier alpha value is -2.34. The van der Waals surface area contributed by atoms with E-state index in [0.717, 1.165) is 11.3 Å². The van der Waals surface area contributed by atoms with Gasteiger partial charge in [0.1, 0.15) is 23.3 Å². The number of carbonyl (C=O) groups is 1. The number of nitrogens with one attached hydrogen (secondary N) is 1. The van der Waals surface area contributed by atoms with E-state index in [9.17, 15) is 4.79 Å². The Morgan fingerprint density at radius 1 is 1.48 bits per heavy atom. The van der Waals surface area contributed by atoms with Crippen molar-refractivity contribution in [1.29, 1.82) is 0 Å². The van der Waals surface area contributed by atoms with Crippen LogP contribution in [0.4, 0.5) is 0 Å². The molecule has 23 heavy (non-hydrogen) atoms. The summed E-state index contributed by atoms with van der Waals surface area (Å²) >= 11 is 0. The molecule has 2 aromatic rings. The minimum atomic E-state index is -0.752. The fraction of sp³-hybridized carbons (Fsp3) is 0.412. The van der Waals surface area contributed by atoms with Crippen LogP contribution in [-0.2, 0) is 5.54 Å². The number of amides is 1. The third kappa shape index (κ3) is 4.10. The summed E-state index contributed by atoms with van der Waals surface area (Å²) in [7, 11) is 0. The monoisotopic (exact) mass is 317 g/mol. The first-order valence-electron chi connectivity index (χ1n) is 7.60. The molecule has 1 aromatic heterocycles. The van der Waals surface area contributed by atoms with Gasteiger partial charge in [-0.2, -0.15) is 0 Å². The minimum absolute atomic E-state index is 0.188. The highest BCUT2D eigenvalue weighted by atomic mass is 16.5. The van der Waals surface area contributed by atoms with Crippen LogP contribution >= 0.6 is 0 Å². The molecule has 1 amide bonds. The number of nitrogens with two attached hydrogens (primary N) is 1. The van der Waals surface area contributed by atoms with Gasteiger partial charge in [0.25, 0.3) is 5.91 Å². The topological polar surface area (TPSA) is 90.4 Å². The molecule has 1 heterocycles. The summed E-state index contributed by atoms with van der Waals surface area (Å²) in [6.45, 7) is 7.98.